The van der Waals surface area contributed by atoms with Gasteiger partial charge in [-0.1, -0.05) is 0 Å². The summed E-state index contributed by atoms with van der Waals surface area (Å²) in [5.74, 6) is 0. The van der Waals surface area contributed by atoms with Crippen molar-refractivity contribution in [3.8, 4) is 0 Å². The first kappa shape index (κ1) is 10.4. The van der Waals surface area contributed by atoms with Gasteiger partial charge in [0.15, 0.2) is 0 Å². The van der Waals surface area contributed by atoms with E-state index in [1.807, 2.05) is 6.07 Å². The molecule has 0 bridgehead atoms. The van der Waals surface area contributed by atoms with Gasteiger partial charge in [-0.05, 0) is 44.3 Å². The number of aromatic amines is 1. The topological polar surface area (TPSA) is 32.2 Å². The summed E-state index contributed by atoms with van der Waals surface area (Å²) in [4.78, 5) is 5.53. The van der Waals surface area contributed by atoms with Gasteiger partial charge in [0.05, 0.1) is 6.26 Å². The fraction of sp³-hybridized carbons (Fsp3) is 0.286. The summed E-state index contributed by atoms with van der Waals surface area (Å²) in [6, 6.07) is 6.27. The van der Waals surface area contributed by atoms with Crippen molar-refractivity contribution in [2.24, 2.45) is 0 Å². The molecule has 1 aromatic carbocycles. The number of nitrogens with zero attached hydrogens (tertiary/aromatic N) is 1. The number of aromatic nitrogens is 1. The predicted octanol–water partition coefficient (Wildman–Crippen LogP) is 3.02. The van der Waals surface area contributed by atoms with Crippen LogP contribution in [0.5, 0.6) is 0 Å². The minimum Gasteiger partial charge on any atom is -0.464 e. The van der Waals surface area contributed by atoms with Gasteiger partial charge in [0, 0.05) is 29.0 Å². The SMILES string of the molecule is CN(C)CCc1c[nH]c2cc3ccoc3cc12. The van der Waals surface area contributed by atoms with Crippen molar-refractivity contribution >= 4 is 21.9 Å². The van der Waals surface area contributed by atoms with Crippen LogP contribution in [-0.4, -0.2) is 30.5 Å². The summed E-state index contributed by atoms with van der Waals surface area (Å²) in [5.41, 5.74) is 3.50. The van der Waals surface area contributed by atoms with E-state index in [-0.39, 0.29) is 0 Å². The second kappa shape index (κ2) is 3.93. The molecule has 0 unspecified atom stereocenters. The normalized spacial score (nSPS) is 11.9. The summed E-state index contributed by atoms with van der Waals surface area (Å²) in [5, 5.41) is 2.42. The highest BCUT2D eigenvalue weighted by Crippen LogP contribution is 2.25. The minimum atomic E-state index is 0.961. The van der Waals surface area contributed by atoms with Crippen LogP contribution >= 0.6 is 0 Å². The molecule has 17 heavy (non-hydrogen) atoms. The summed E-state index contributed by atoms with van der Waals surface area (Å²) < 4.78 is 5.45. The third-order valence-electron chi connectivity index (χ3n) is 3.17. The lowest BCUT2D eigenvalue weighted by Gasteiger charge is -2.07. The fourth-order valence-corrected chi connectivity index (χ4v) is 2.19. The van der Waals surface area contributed by atoms with Crippen LogP contribution in [0.25, 0.3) is 21.9 Å². The van der Waals surface area contributed by atoms with Crippen molar-refractivity contribution in [2.75, 3.05) is 20.6 Å². The van der Waals surface area contributed by atoms with E-state index in [0.29, 0.717) is 0 Å². The van der Waals surface area contributed by atoms with Crippen LogP contribution in [0.4, 0.5) is 0 Å². The minimum absolute atomic E-state index is 0.961. The Morgan fingerprint density at radius 2 is 2.18 bits per heavy atom. The van der Waals surface area contributed by atoms with E-state index in [9.17, 15) is 0 Å². The molecule has 3 rings (SSSR count). The third kappa shape index (κ3) is 1.83. The van der Waals surface area contributed by atoms with Gasteiger partial charge in [-0.15, -0.1) is 0 Å². The number of likely N-dealkylation sites (N-methyl/N-ethyl adjacent to an activating group) is 1. The lowest BCUT2D eigenvalue weighted by Crippen LogP contribution is -2.14. The monoisotopic (exact) mass is 228 g/mol. The fourth-order valence-electron chi connectivity index (χ4n) is 2.19. The Kier molecular flexibility index (Phi) is 2.41. The average Bonchev–Trinajstić information content (AvgIpc) is 2.88. The zero-order valence-electron chi connectivity index (χ0n) is 10.2. The first-order valence-electron chi connectivity index (χ1n) is 5.86. The number of H-pyrrole nitrogens is 1. The number of furan rings is 1. The van der Waals surface area contributed by atoms with E-state index in [0.717, 1.165) is 23.9 Å². The van der Waals surface area contributed by atoms with Crippen LogP contribution in [0.2, 0.25) is 0 Å². The first-order chi connectivity index (χ1) is 8.24. The van der Waals surface area contributed by atoms with E-state index >= 15 is 0 Å². The molecule has 0 saturated carbocycles. The highest BCUT2D eigenvalue weighted by molar-refractivity contribution is 5.96. The maximum atomic E-state index is 5.45. The van der Waals surface area contributed by atoms with E-state index in [4.69, 9.17) is 4.42 Å². The molecule has 3 nitrogen and oxygen atoms in total. The van der Waals surface area contributed by atoms with Crippen LogP contribution in [0, 0.1) is 0 Å². The summed E-state index contributed by atoms with van der Waals surface area (Å²) in [6.07, 6.45) is 4.90. The van der Waals surface area contributed by atoms with Crippen LogP contribution in [0.3, 0.4) is 0 Å². The Balaban J connectivity index is 2.06. The predicted molar refractivity (Wildman–Crippen MR) is 70.3 cm³/mol. The zero-order chi connectivity index (χ0) is 11.8. The quantitative estimate of drug-likeness (QED) is 0.747. The van der Waals surface area contributed by atoms with Crippen molar-refractivity contribution in [2.45, 2.75) is 6.42 Å². The molecule has 0 spiro atoms. The number of hydrogen-bond donors (Lipinski definition) is 1. The molecule has 2 aromatic heterocycles. The maximum absolute atomic E-state index is 5.45. The second-order valence-corrected chi connectivity index (χ2v) is 4.72. The van der Waals surface area contributed by atoms with Gasteiger partial charge in [-0.2, -0.15) is 0 Å². The van der Waals surface area contributed by atoms with Crippen LogP contribution in [-0.2, 0) is 6.42 Å². The number of hydrogen-bond acceptors (Lipinski definition) is 2. The van der Waals surface area contributed by atoms with Gasteiger partial charge in [0.1, 0.15) is 5.58 Å². The molecule has 0 saturated heterocycles. The molecule has 0 fully saturated rings. The van der Waals surface area contributed by atoms with Gasteiger partial charge in [-0.25, -0.2) is 0 Å². The largest absolute Gasteiger partial charge is 0.464 e. The summed E-state index contributed by atoms with van der Waals surface area (Å²) in [7, 11) is 4.19. The maximum Gasteiger partial charge on any atom is 0.134 e. The molecule has 0 amide bonds. The number of fused-ring (bicyclic) bond motifs is 2. The zero-order valence-corrected chi connectivity index (χ0v) is 10.2. The van der Waals surface area contributed by atoms with Crippen LogP contribution in [0.1, 0.15) is 5.56 Å². The molecule has 0 aliphatic rings. The van der Waals surface area contributed by atoms with E-state index < -0.39 is 0 Å². The summed E-state index contributed by atoms with van der Waals surface area (Å²) >= 11 is 0. The molecule has 0 aliphatic carbocycles. The Morgan fingerprint density at radius 3 is 3.00 bits per heavy atom. The second-order valence-electron chi connectivity index (χ2n) is 4.72. The molecule has 88 valence electrons. The van der Waals surface area contributed by atoms with Gasteiger partial charge in [0.2, 0.25) is 0 Å². The van der Waals surface area contributed by atoms with Crippen LogP contribution in [0.15, 0.2) is 35.1 Å². The first-order valence-corrected chi connectivity index (χ1v) is 5.86. The van der Waals surface area contributed by atoms with E-state index in [2.05, 4.69) is 42.3 Å². The smallest absolute Gasteiger partial charge is 0.134 e. The van der Waals surface area contributed by atoms with Crippen molar-refractivity contribution < 1.29 is 4.42 Å². The molecule has 3 heteroatoms. The Morgan fingerprint density at radius 1 is 1.29 bits per heavy atom. The van der Waals surface area contributed by atoms with Gasteiger partial charge in [0.25, 0.3) is 0 Å². The molecule has 0 atom stereocenters. The standard InChI is InChI=1S/C14H16N2O/c1-16(2)5-3-11-9-15-13-7-10-4-6-17-14(10)8-12(11)13/h4,6-9,15H,3,5H2,1-2H3. The summed E-state index contributed by atoms with van der Waals surface area (Å²) in [6.45, 7) is 1.06. The van der Waals surface area contributed by atoms with Crippen molar-refractivity contribution in [3.05, 3.63) is 36.2 Å². The molecule has 0 aliphatic heterocycles. The van der Waals surface area contributed by atoms with E-state index in [1.165, 1.54) is 16.5 Å². The number of benzene rings is 1. The molecule has 0 radical (unpaired) electrons. The van der Waals surface area contributed by atoms with Gasteiger partial charge in [-0.3, -0.25) is 0 Å². The Hall–Kier alpha value is -1.74. The lowest BCUT2D eigenvalue weighted by atomic mass is 10.1. The molecule has 1 N–H and O–H groups in total. The van der Waals surface area contributed by atoms with Gasteiger partial charge < -0.3 is 14.3 Å². The molecular formula is C14H16N2O. The highest BCUT2D eigenvalue weighted by Gasteiger charge is 2.07. The molecular weight excluding hydrogens is 212 g/mol. The van der Waals surface area contributed by atoms with Gasteiger partial charge >= 0.3 is 0 Å². The number of rotatable bonds is 3. The van der Waals surface area contributed by atoms with Crippen molar-refractivity contribution in [1.82, 2.24) is 9.88 Å². The van der Waals surface area contributed by atoms with Crippen molar-refractivity contribution in [1.29, 1.82) is 0 Å². The average molecular weight is 228 g/mol. The Bertz CT molecular complexity index is 648. The third-order valence-corrected chi connectivity index (χ3v) is 3.17. The molecule has 3 aromatic rings. The molecule has 2 heterocycles. The van der Waals surface area contributed by atoms with Crippen LogP contribution < -0.4 is 0 Å². The lowest BCUT2D eigenvalue weighted by molar-refractivity contribution is 0.414. The number of nitrogens with one attached hydrogen (secondary N) is 1. The highest BCUT2D eigenvalue weighted by atomic mass is 16.3. The Labute approximate surface area is 100 Å². The van der Waals surface area contributed by atoms with Crippen molar-refractivity contribution in [3.63, 3.8) is 0 Å². The van der Waals surface area contributed by atoms with E-state index in [1.54, 1.807) is 6.26 Å².